The monoisotopic (exact) mass is 348 g/mol. The summed E-state index contributed by atoms with van der Waals surface area (Å²) in [4.78, 5) is 16.5. The summed E-state index contributed by atoms with van der Waals surface area (Å²) in [7, 11) is 1.64. The SMILES string of the molecule is CNC(=O)c1ccc(CNc2nc3ccccc3n2C2CCCC2)cc1. The predicted molar refractivity (Wildman–Crippen MR) is 104 cm³/mol. The molecule has 5 heteroatoms. The maximum absolute atomic E-state index is 11.7. The number of nitrogens with one attached hydrogen (secondary N) is 2. The van der Waals surface area contributed by atoms with Gasteiger partial charge in [0, 0.05) is 25.2 Å². The fourth-order valence-corrected chi connectivity index (χ4v) is 3.80. The van der Waals surface area contributed by atoms with Crippen molar-refractivity contribution in [1.82, 2.24) is 14.9 Å². The van der Waals surface area contributed by atoms with Crippen LogP contribution in [0, 0.1) is 0 Å². The molecule has 0 aliphatic heterocycles. The summed E-state index contributed by atoms with van der Waals surface area (Å²) >= 11 is 0. The van der Waals surface area contributed by atoms with Gasteiger partial charge in [-0.25, -0.2) is 4.98 Å². The minimum atomic E-state index is -0.0625. The van der Waals surface area contributed by atoms with Crippen LogP contribution in [0.15, 0.2) is 48.5 Å². The second-order valence-electron chi connectivity index (χ2n) is 6.86. The molecule has 0 unspecified atom stereocenters. The highest BCUT2D eigenvalue weighted by Gasteiger charge is 2.22. The van der Waals surface area contributed by atoms with Crippen molar-refractivity contribution in [3.05, 3.63) is 59.7 Å². The van der Waals surface area contributed by atoms with Crippen molar-refractivity contribution in [3.63, 3.8) is 0 Å². The fraction of sp³-hybridized carbons (Fsp3) is 0.333. The Kier molecular flexibility index (Phi) is 4.61. The summed E-state index contributed by atoms with van der Waals surface area (Å²) in [5.74, 6) is 0.876. The molecule has 134 valence electrons. The number of fused-ring (bicyclic) bond motifs is 1. The molecule has 1 aromatic heterocycles. The van der Waals surface area contributed by atoms with Gasteiger partial charge in [-0.2, -0.15) is 0 Å². The lowest BCUT2D eigenvalue weighted by atomic mass is 10.1. The van der Waals surface area contributed by atoms with Crippen LogP contribution >= 0.6 is 0 Å². The van der Waals surface area contributed by atoms with E-state index in [-0.39, 0.29) is 5.91 Å². The lowest BCUT2D eigenvalue weighted by molar-refractivity contribution is 0.0963. The molecule has 1 fully saturated rings. The van der Waals surface area contributed by atoms with E-state index in [4.69, 9.17) is 4.98 Å². The molecule has 2 aromatic carbocycles. The van der Waals surface area contributed by atoms with Crippen LogP contribution in [0.3, 0.4) is 0 Å². The Hall–Kier alpha value is -2.82. The normalized spacial score (nSPS) is 14.7. The Balaban J connectivity index is 1.57. The molecule has 3 aromatic rings. The summed E-state index contributed by atoms with van der Waals surface area (Å²) in [5, 5.41) is 6.15. The minimum Gasteiger partial charge on any atom is -0.355 e. The lowest BCUT2D eigenvalue weighted by Crippen LogP contribution is -2.17. The second kappa shape index (κ2) is 7.20. The van der Waals surface area contributed by atoms with Gasteiger partial charge in [0.2, 0.25) is 5.95 Å². The average molecular weight is 348 g/mol. The molecule has 1 aliphatic rings. The van der Waals surface area contributed by atoms with E-state index in [9.17, 15) is 4.79 Å². The van der Waals surface area contributed by atoms with Gasteiger partial charge < -0.3 is 15.2 Å². The van der Waals surface area contributed by atoms with E-state index >= 15 is 0 Å². The van der Waals surface area contributed by atoms with Crippen molar-refractivity contribution in [1.29, 1.82) is 0 Å². The number of imidazole rings is 1. The molecule has 1 amide bonds. The molecule has 0 radical (unpaired) electrons. The summed E-state index contributed by atoms with van der Waals surface area (Å²) in [6.45, 7) is 0.685. The van der Waals surface area contributed by atoms with Crippen LogP contribution in [0.5, 0.6) is 0 Å². The van der Waals surface area contributed by atoms with Crippen molar-refractivity contribution in [3.8, 4) is 0 Å². The highest BCUT2D eigenvalue weighted by atomic mass is 16.1. The molecule has 2 N–H and O–H groups in total. The first-order valence-electron chi connectivity index (χ1n) is 9.28. The number of benzene rings is 2. The number of aromatic nitrogens is 2. The maximum atomic E-state index is 11.7. The maximum Gasteiger partial charge on any atom is 0.251 e. The molecule has 1 saturated carbocycles. The third-order valence-corrected chi connectivity index (χ3v) is 5.18. The fourth-order valence-electron chi connectivity index (χ4n) is 3.80. The number of anilines is 1. The van der Waals surface area contributed by atoms with Crippen LogP contribution in [-0.2, 0) is 6.54 Å². The van der Waals surface area contributed by atoms with Crippen LogP contribution in [0.4, 0.5) is 5.95 Å². The van der Waals surface area contributed by atoms with Crippen molar-refractivity contribution in [2.45, 2.75) is 38.3 Å². The second-order valence-corrected chi connectivity index (χ2v) is 6.86. The average Bonchev–Trinajstić information content (AvgIpc) is 3.33. The zero-order chi connectivity index (χ0) is 17.9. The molecule has 0 saturated heterocycles. The number of rotatable bonds is 5. The molecule has 1 aliphatic carbocycles. The van der Waals surface area contributed by atoms with Crippen molar-refractivity contribution >= 4 is 22.9 Å². The Morgan fingerprint density at radius 3 is 2.58 bits per heavy atom. The van der Waals surface area contributed by atoms with Gasteiger partial charge in [0.1, 0.15) is 0 Å². The van der Waals surface area contributed by atoms with E-state index in [1.807, 2.05) is 30.3 Å². The van der Waals surface area contributed by atoms with Crippen LogP contribution in [0.1, 0.15) is 47.6 Å². The molecule has 0 spiro atoms. The van der Waals surface area contributed by atoms with E-state index < -0.39 is 0 Å². The van der Waals surface area contributed by atoms with Crippen molar-refractivity contribution in [2.24, 2.45) is 0 Å². The van der Waals surface area contributed by atoms with Crippen LogP contribution < -0.4 is 10.6 Å². The molecular formula is C21H24N4O. The third kappa shape index (κ3) is 3.17. The lowest BCUT2D eigenvalue weighted by Gasteiger charge is -2.17. The summed E-state index contributed by atoms with van der Waals surface area (Å²) in [6.07, 6.45) is 5.01. The summed E-state index contributed by atoms with van der Waals surface area (Å²) < 4.78 is 2.38. The Morgan fingerprint density at radius 2 is 1.85 bits per heavy atom. The van der Waals surface area contributed by atoms with Gasteiger partial charge in [-0.15, -0.1) is 0 Å². The van der Waals surface area contributed by atoms with Gasteiger partial charge in [0.25, 0.3) is 5.91 Å². The van der Waals surface area contributed by atoms with Crippen LogP contribution in [0.25, 0.3) is 11.0 Å². The zero-order valence-corrected chi connectivity index (χ0v) is 15.0. The number of para-hydroxylation sites is 2. The molecule has 26 heavy (non-hydrogen) atoms. The van der Waals surface area contributed by atoms with Crippen LogP contribution in [-0.4, -0.2) is 22.5 Å². The Bertz CT molecular complexity index is 907. The number of hydrogen-bond donors (Lipinski definition) is 2. The van der Waals surface area contributed by atoms with E-state index in [0.717, 1.165) is 17.0 Å². The number of hydrogen-bond acceptors (Lipinski definition) is 3. The van der Waals surface area contributed by atoms with E-state index in [1.165, 1.54) is 31.2 Å². The van der Waals surface area contributed by atoms with Gasteiger partial charge in [0.05, 0.1) is 11.0 Å². The molecule has 5 nitrogen and oxygen atoms in total. The van der Waals surface area contributed by atoms with Gasteiger partial charge in [-0.05, 0) is 42.7 Å². The van der Waals surface area contributed by atoms with E-state index in [1.54, 1.807) is 7.05 Å². The van der Waals surface area contributed by atoms with Crippen molar-refractivity contribution in [2.75, 3.05) is 12.4 Å². The Labute approximate surface area is 153 Å². The van der Waals surface area contributed by atoms with Gasteiger partial charge in [0.15, 0.2) is 0 Å². The summed E-state index contributed by atoms with van der Waals surface area (Å²) in [6, 6.07) is 16.6. The minimum absolute atomic E-state index is 0.0625. The standard InChI is InChI=1S/C21H24N4O/c1-22-20(26)16-12-10-15(11-13-16)14-23-21-24-18-8-4-5-9-19(18)25(21)17-6-2-3-7-17/h4-5,8-13,17H,2-3,6-7,14H2,1H3,(H,22,26)(H,23,24). The van der Waals surface area contributed by atoms with Gasteiger partial charge >= 0.3 is 0 Å². The number of carbonyl (C=O) groups is 1. The van der Waals surface area contributed by atoms with Gasteiger partial charge in [-0.3, -0.25) is 4.79 Å². The zero-order valence-electron chi connectivity index (χ0n) is 15.0. The third-order valence-electron chi connectivity index (χ3n) is 5.18. The first kappa shape index (κ1) is 16.6. The molecule has 4 rings (SSSR count). The molecule has 0 atom stereocenters. The van der Waals surface area contributed by atoms with E-state index in [0.29, 0.717) is 18.2 Å². The number of carbonyl (C=O) groups excluding carboxylic acids is 1. The van der Waals surface area contributed by atoms with Crippen molar-refractivity contribution < 1.29 is 4.79 Å². The van der Waals surface area contributed by atoms with Crippen LogP contribution in [0.2, 0.25) is 0 Å². The highest BCUT2D eigenvalue weighted by molar-refractivity contribution is 5.93. The van der Waals surface area contributed by atoms with E-state index in [2.05, 4.69) is 33.4 Å². The Morgan fingerprint density at radius 1 is 1.12 bits per heavy atom. The summed E-state index contributed by atoms with van der Waals surface area (Å²) in [5.41, 5.74) is 4.05. The molecule has 0 bridgehead atoms. The first-order chi connectivity index (χ1) is 12.8. The topological polar surface area (TPSA) is 59.0 Å². The van der Waals surface area contributed by atoms with Gasteiger partial charge in [-0.1, -0.05) is 37.1 Å². The number of nitrogens with zero attached hydrogens (tertiary/aromatic N) is 2. The number of amides is 1. The predicted octanol–water partition coefficient (Wildman–Crippen LogP) is 4.12. The molecule has 1 heterocycles. The molecular weight excluding hydrogens is 324 g/mol. The highest BCUT2D eigenvalue weighted by Crippen LogP contribution is 2.35. The smallest absolute Gasteiger partial charge is 0.251 e. The quantitative estimate of drug-likeness (QED) is 0.729. The largest absolute Gasteiger partial charge is 0.355 e. The first-order valence-corrected chi connectivity index (χ1v) is 9.28.